The van der Waals surface area contributed by atoms with Crippen molar-refractivity contribution in [2.45, 2.75) is 116 Å². The van der Waals surface area contributed by atoms with Gasteiger partial charge in [-0.15, -0.1) is 0 Å². The lowest BCUT2D eigenvalue weighted by Crippen LogP contribution is -2.15. The third-order valence-electron chi connectivity index (χ3n) is 4.35. The molecule has 0 radical (unpaired) electrons. The first-order valence-electron chi connectivity index (χ1n) is 10.0. The summed E-state index contributed by atoms with van der Waals surface area (Å²) in [6.07, 6.45) is 18.0. The van der Waals surface area contributed by atoms with Gasteiger partial charge in [0, 0.05) is 19.4 Å². The fourth-order valence-electron chi connectivity index (χ4n) is 2.81. The van der Waals surface area contributed by atoms with Gasteiger partial charge in [0.15, 0.2) is 0 Å². The van der Waals surface area contributed by atoms with Crippen LogP contribution in [0.15, 0.2) is 0 Å². The molecule has 0 aliphatic carbocycles. The maximum atomic E-state index is 11.5. The van der Waals surface area contributed by atoms with Crippen LogP contribution in [0, 0.1) is 0 Å². The number of ether oxygens (including phenoxy) is 1. The molecule has 138 valence electrons. The van der Waals surface area contributed by atoms with Crippen LogP contribution in [0.3, 0.4) is 0 Å². The maximum absolute atomic E-state index is 11.5. The molecular formula is C20H40O3. The van der Waals surface area contributed by atoms with E-state index < -0.39 is 0 Å². The molecule has 0 rings (SSSR count). The minimum absolute atomic E-state index is 0.0766. The summed E-state index contributed by atoms with van der Waals surface area (Å²) in [5.41, 5.74) is 0. The molecule has 0 amide bonds. The molecule has 0 aromatic rings. The van der Waals surface area contributed by atoms with Gasteiger partial charge in [0.05, 0.1) is 0 Å². The Kier molecular flexibility index (Phi) is 17.3. The molecule has 3 nitrogen and oxygen atoms in total. The lowest BCUT2D eigenvalue weighted by Gasteiger charge is -2.11. The predicted octanol–water partition coefficient (Wildman–Crippen LogP) is 5.78. The van der Waals surface area contributed by atoms with Crippen LogP contribution >= 0.6 is 0 Å². The predicted molar refractivity (Wildman–Crippen MR) is 97.6 cm³/mol. The zero-order chi connectivity index (χ0) is 17.2. The molecule has 3 heteroatoms. The molecular weight excluding hydrogens is 288 g/mol. The minimum Gasteiger partial charge on any atom is -0.463 e. The number of hydrogen-bond acceptors (Lipinski definition) is 3. The highest BCUT2D eigenvalue weighted by atomic mass is 16.5. The zero-order valence-corrected chi connectivity index (χ0v) is 15.7. The number of esters is 1. The summed E-state index contributed by atoms with van der Waals surface area (Å²) in [5.74, 6) is -0.117. The first-order chi connectivity index (χ1) is 11.2. The second kappa shape index (κ2) is 17.8. The van der Waals surface area contributed by atoms with E-state index in [1.165, 1.54) is 70.6 Å². The molecule has 0 aromatic carbocycles. The third-order valence-corrected chi connectivity index (χ3v) is 4.35. The van der Waals surface area contributed by atoms with Crippen molar-refractivity contribution in [2.24, 2.45) is 0 Å². The number of aliphatic hydroxyl groups excluding tert-OH is 1. The molecule has 0 aliphatic heterocycles. The number of carbonyl (C=O) groups excluding carboxylic acids is 1. The van der Waals surface area contributed by atoms with Crippen LogP contribution in [0.5, 0.6) is 0 Å². The molecule has 23 heavy (non-hydrogen) atoms. The van der Waals surface area contributed by atoms with Gasteiger partial charge in [-0.05, 0) is 13.3 Å². The van der Waals surface area contributed by atoms with Gasteiger partial charge in [-0.3, -0.25) is 4.79 Å². The SMILES string of the molecule is CCCCCCCCCCCCCCCC(=O)OC(C)CCO. The number of unbranched alkanes of at least 4 members (excludes halogenated alkanes) is 12. The second-order valence-electron chi connectivity index (χ2n) is 6.81. The van der Waals surface area contributed by atoms with Crippen molar-refractivity contribution in [1.29, 1.82) is 0 Å². The van der Waals surface area contributed by atoms with E-state index in [-0.39, 0.29) is 18.7 Å². The van der Waals surface area contributed by atoms with Crippen LogP contribution < -0.4 is 0 Å². The van der Waals surface area contributed by atoms with Gasteiger partial charge in [-0.1, -0.05) is 84.0 Å². The van der Waals surface area contributed by atoms with Crippen LogP contribution in [0.4, 0.5) is 0 Å². The molecule has 1 N–H and O–H groups in total. The second-order valence-corrected chi connectivity index (χ2v) is 6.81. The van der Waals surface area contributed by atoms with Gasteiger partial charge in [0.2, 0.25) is 0 Å². The fourth-order valence-corrected chi connectivity index (χ4v) is 2.81. The quantitative estimate of drug-likeness (QED) is 0.272. The molecule has 1 unspecified atom stereocenters. The van der Waals surface area contributed by atoms with Crippen molar-refractivity contribution in [3.63, 3.8) is 0 Å². The topological polar surface area (TPSA) is 46.5 Å². The molecule has 0 saturated heterocycles. The lowest BCUT2D eigenvalue weighted by atomic mass is 10.0. The van der Waals surface area contributed by atoms with Gasteiger partial charge < -0.3 is 9.84 Å². The standard InChI is InChI=1S/C20H40O3/c1-3-4-5-6-7-8-9-10-11-12-13-14-15-16-20(22)23-19(2)17-18-21/h19,21H,3-18H2,1-2H3. The summed E-state index contributed by atoms with van der Waals surface area (Å²) < 4.78 is 5.20. The summed E-state index contributed by atoms with van der Waals surface area (Å²) in [5, 5.41) is 8.76. The van der Waals surface area contributed by atoms with E-state index in [9.17, 15) is 4.79 Å². The fraction of sp³-hybridized carbons (Fsp3) is 0.950. The Labute approximate surface area is 144 Å². The first kappa shape index (κ1) is 22.4. The number of aliphatic hydroxyl groups is 1. The van der Waals surface area contributed by atoms with Gasteiger partial charge in [-0.25, -0.2) is 0 Å². The molecule has 0 heterocycles. The van der Waals surface area contributed by atoms with Crippen LogP contribution in [0.1, 0.15) is 110 Å². The van der Waals surface area contributed by atoms with E-state index in [0.29, 0.717) is 12.8 Å². The summed E-state index contributed by atoms with van der Waals surface area (Å²) in [6, 6.07) is 0. The van der Waals surface area contributed by atoms with Crippen LogP contribution in [0.2, 0.25) is 0 Å². The van der Waals surface area contributed by atoms with E-state index >= 15 is 0 Å². The maximum Gasteiger partial charge on any atom is 0.306 e. The number of rotatable bonds is 17. The smallest absolute Gasteiger partial charge is 0.306 e. The summed E-state index contributed by atoms with van der Waals surface area (Å²) >= 11 is 0. The van der Waals surface area contributed by atoms with Crippen molar-refractivity contribution in [2.75, 3.05) is 6.61 Å². The largest absolute Gasteiger partial charge is 0.463 e. The average Bonchev–Trinajstić information content (AvgIpc) is 2.52. The molecule has 0 fully saturated rings. The highest BCUT2D eigenvalue weighted by molar-refractivity contribution is 5.69. The molecule has 0 saturated carbocycles. The van der Waals surface area contributed by atoms with Crippen molar-refractivity contribution in [3.05, 3.63) is 0 Å². The monoisotopic (exact) mass is 328 g/mol. The van der Waals surface area contributed by atoms with Gasteiger partial charge >= 0.3 is 5.97 Å². The Morgan fingerprint density at radius 2 is 1.26 bits per heavy atom. The lowest BCUT2D eigenvalue weighted by molar-refractivity contribution is -0.148. The van der Waals surface area contributed by atoms with Gasteiger partial charge in [0.1, 0.15) is 6.10 Å². The highest BCUT2D eigenvalue weighted by Crippen LogP contribution is 2.13. The molecule has 0 aliphatic rings. The Morgan fingerprint density at radius 3 is 1.70 bits per heavy atom. The third kappa shape index (κ3) is 17.6. The van der Waals surface area contributed by atoms with Crippen molar-refractivity contribution in [1.82, 2.24) is 0 Å². The van der Waals surface area contributed by atoms with Crippen LogP contribution in [-0.4, -0.2) is 23.8 Å². The normalized spacial score (nSPS) is 12.3. The number of hydrogen-bond donors (Lipinski definition) is 1. The van der Waals surface area contributed by atoms with Gasteiger partial charge in [0.25, 0.3) is 0 Å². The van der Waals surface area contributed by atoms with Gasteiger partial charge in [-0.2, -0.15) is 0 Å². The van der Waals surface area contributed by atoms with Crippen LogP contribution in [-0.2, 0) is 9.53 Å². The minimum atomic E-state index is -0.158. The Balaban J connectivity index is 3.17. The summed E-state index contributed by atoms with van der Waals surface area (Å²) in [7, 11) is 0. The molecule has 0 spiro atoms. The average molecular weight is 329 g/mol. The summed E-state index contributed by atoms with van der Waals surface area (Å²) in [4.78, 5) is 11.5. The molecule has 1 atom stereocenters. The summed E-state index contributed by atoms with van der Waals surface area (Å²) in [6.45, 7) is 4.17. The van der Waals surface area contributed by atoms with Crippen molar-refractivity contribution in [3.8, 4) is 0 Å². The van der Waals surface area contributed by atoms with E-state index in [0.717, 1.165) is 12.8 Å². The first-order valence-corrected chi connectivity index (χ1v) is 10.0. The Hall–Kier alpha value is -0.570. The van der Waals surface area contributed by atoms with E-state index in [2.05, 4.69) is 6.92 Å². The Bertz CT molecular complexity index is 253. The number of carbonyl (C=O) groups is 1. The Morgan fingerprint density at radius 1 is 0.826 bits per heavy atom. The van der Waals surface area contributed by atoms with E-state index in [1.807, 2.05) is 6.92 Å². The van der Waals surface area contributed by atoms with Crippen molar-refractivity contribution >= 4 is 5.97 Å². The van der Waals surface area contributed by atoms with Crippen molar-refractivity contribution < 1.29 is 14.6 Å². The van der Waals surface area contributed by atoms with E-state index in [4.69, 9.17) is 9.84 Å². The zero-order valence-electron chi connectivity index (χ0n) is 15.7. The van der Waals surface area contributed by atoms with E-state index in [1.54, 1.807) is 0 Å². The molecule has 0 aromatic heterocycles. The van der Waals surface area contributed by atoms with Crippen LogP contribution in [0.25, 0.3) is 0 Å². The highest BCUT2D eigenvalue weighted by Gasteiger charge is 2.08. The molecule has 0 bridgehead atoms.